The third-order valence-electron chi connectivity index (χ3n) is 4.70. The number of piperidine rings is 1. The summed E-state index contributed by atoms with van der Waals surface area (Å²) in [7, 11) is 0. The van der Waals surface area contributed by atoms with Gasteiger partial charge >= 0.3 is 0 Å². The first kappa shape index (κ1) is 17.3. The molecular formula is C18H23N3O4. The zero-order valence-electron chi connectivity index (χ0n) is 14.3. The largest absolute Gasteiger partial charge is 0.484 e. The van der Waals surface area contributed by atoms with Crippen LogP contribution in [0.15, 0.2) is 24.3 Å². The number of carbonyl (C=O) groups excluding carboxylic acids is 3. The number of rotatable bonds is 5. The highest BCUT2D eigenvalue weighted by atomic mass is 16.5. The number of likely N-dealkylation sites (tertiary alicyclic amines) is 1. The van der Waals surface area contributed by atoms with Crippen LogP contribution in [0.3, 0.4) is 0 Å². The van der Waals surface area contributed by atoms with Crippen molar-refractivity contribution in [2.24, 2.45) is 5.92 Å². The molecular weight excluding hydrogens is 322 g/mol. The van der Waals surface area contributed by atoms with Gasteiger partial charge in [0.2, 0.25) is 11.8 Å². The summed E-state index contributed by atoms with van der Waals surface area (Å²) >= 11 is 0. The number of amides is 3. The Labute approximate surface area is 146 Å². The molecule has 1 aromatic rings. The number of fused-ring (bicyclic) bond motifs is 1. The summed E-state index contributed by atoms with van der Waals surface area (Å²) in [6.07, 6.45) is 1.81. The van der Waals surface area contributed by atoms with Crippen LogP contribution < -0.4 is 15.4 Å². The van der Waals surface area contributed by atoms with Crippen molar-refractivity contribution >= 4 is 23.4 Å². The molecule has 2 fully saturated rings. The maximum Gasteiger partial charge on any atom is 0.260 e. The predicted molar refractivity (Wildman–Crippen MR) is 92.1 cm³/mol. The van der Waals surface area contributed by atoms with E-state index in [9.17, 15) is 14.4 Å². The molecule has 3 rings (SSSR count). The van der Waals surface area contributed by atoms with E-state index in [2.05, 4.69) is 10.6 Å². The molecule has 2 N–H and O–H groups in total. The van der Waals surface area contributed by atoms with Gasteiger partial charge in [0.1, 0.15) is 5.75 Å². The number of ether oxygens (including phenoxy) is 1. The Kier molecular flexibility index (Phi) is 5.21. The molecule has 0 unspecified atom stereocenters. The van der Waals surface area contributed by atoms with E-state index < -0.39 is 0 Å². The van der Waals surface area contributed by atoms with Gasteiger partial charge in [-0.3, -0.25) is 14.4 Å². The van der Waals surface area contributed by atoms with Gasteiger partial charge in [-0.25, -0.2) is 0 Å². The molecule has 0 bridgehead atoms. The summed E-state index contributed by atoms with van der Waals surface area (Å²) in [5.41, 5.74) is 0.645. The molecule has 2 aliphatic heterocycles. The van der Waals surface area contributed by atoms with Crippen molar-refractivity contribution in [1.29, 1.82) is 0 Å². The third-order valence-corrected chi connectivity index (χ3v) is 4.70. The molecule has 25 heavy (non-hydrogen) atoms. The third kappa shape index (κ3) is 4.29. The van der Waals surface area contributed by atoms with Crippen LogP contribution in [0.5, 0.6) is 5.75 Å². The second kappa shape index (κ2) is 7.55. The van der Waals surface area contributed by atoms with Crippen molar-refractivity contribution < 1.29 is 19.1 Å². The van der Waals surface area contributed by atoms with Gasteiger partial charge < -0.3 is 20.3 Å². The summed E-state index contributed by atoms with van der Waals surface area (Å²) in [6.45, 7) is 2.93. The van der Waals surface area contributed by atoms with Gasteiger partial charge in [-0.2, -0.15) is 0 Å². The highest BCUT2D eigenvalue weighted by Gasteiger charge is 2.38. The normalized spacial score (nSPS) is 22.1. The van der Waals surface area contributed by atoms with E-state index in [0.29, 0.717) is 43.3 Å². The number of hydrogen-bond acceptors (Lipinski definition) is 4. The van der Waals surface area contributed by atoms with Gasteiger partial charge in [-0.05, 0) is 24.5 Å². The summed E-state index contributed by atoms with van der Waals surface area (Å²) in [5.74, 6) is 0.784. The van der Waals surface area contributed by atoms with Crippen LogP contribution in [-0.2, 0) is 14.4 Å². The monoisotopic (exact) mass is 345 g/mol. The van der Waals surface area contributed by atoms with Crippen LogP contribution in [0.4, 0.5) is 5.69 Å². The summed E-state index contributed by atoms with van der Waals surface area (Å²) in [4.78, 5) is 37.0. The van der Waals surface area contributed by atoms with Crippen LogP contribution in [0.2, 0.25) is 0 Å². The molecule has 0 radical (unpaired) electrons. The van der Waals surface area contributed by atoms with E-state index in [1.54, 1.807) is 36.1 Å². The molecule has 3 amide bonds. The quantitative estimate of drug-likeness (QED) is 0.838. The molecule has 0 aliphatic carbocycles. The molecule has 0 spiro atoms. The van der Waals surface area contributed by atoms with E-state index in [-0.39, 0.29) is 30.4 Å². The second-order valence-electron chi connectivity index (χ2n) is 6.48. The number of carbonyl (C=O) groups is 3. The standard InChI is InChI=1S/C18H23N3O4/c1-2-16(22)19-13-4-3-5-14(9-13)25-11-18(24)21-7-6-12-8-17(23)20-15(12)10-21/h3-5,9,12,15H,2,6-8,10-11H2,1H3,(H,19,22)(H,20,23)/t12-,15-/m1/s1. The zero-order valence-corrected chi connectivity index (χ0v) is 14.3. The van der Waals surface area contributed by atoms with Gasteiger partial charge in [0, 0.05) is 43.7 Å². The number of nitrogens with zero attached hydrogens (tertiary/aromatic N) is 1. The topological polar surface area (TPSA) is 87.7 Å². The average molecular weight is 345 g/mol. The summed E-state index contributed by atoms with van der Waals surface area (Å²) in [5, 5.41) is 5.69. The Balaban J connectivity index is 1.51. The van der Waals surface area contributed by atoms with Crippen LogP contribution >= 0.6 is 0 Å². The second-order valence-corrected chi connectivity index (χ2v) is 6.48. The molecule has 2 atom stereocenters. The van der Waals surface area contributed by atoms with E-state index in [1.165, 1.54) is 0 Å². The smallest absolute Gasteiger partial charge is 0.260 e. The average Bonchev–Trinajstić information content (AvgIpc) is 2.99. The van der Waals surface area contributed by atoms with E-state index in [1.807, 2.05) is 0 Å². The van der Waals surface area contributed by atoms with Gasteiger partial charge in [0.25, 0.3) is 5.91 Å². The minimum absolute atomic E-state index is 0.0590. The van der Waals surface area contributed by atoms with E-state index >= 15 is 0 Å². The SMILES string of the molecule is CCC(=O)Nc1cccc(OCC(=O)N2CC[C@@H]3CC(=O)N[C@@H]3C2)c1. The first-order valence-electron chi connectivity index (χ1n) is 8.65. The summed E-state index contributed by atoms with van der Waals surface area (Å²) in [6, 6.07) is 7.06. The fourth-order valence-electron chi connectivity index (χ4n) is 3.29. The van der Waals surface area contributed by atoms with Crippen LogP contribution in [0.1, 0.15) is 26.2 Å². The first-order chi connectivity index (χ1) is 12.0. The lowest BCUT2D eigenvalue weighted by molar-refractivity contribution is -0.135. The number of benzene rings is 1. The Morgan fingerprint density at radius 2 is 2.24 bits per heavy atom. The molecule has 134 valence electrons. The molecule has 1 aromatic carbocycles. The van der Waals surface area contributed by atoms with Gasteiger partial charge in [0.05, 0.1) is 0 Å². The van der Waals surface area contributed by atoms with Gasteiger partial charge in [-0.15, -0.1) is 0 Å². The lowest BCUT2D eigenvalue weighted by Crippen LogP contribution is -2.50. The van der Waals surface area contributed by atoms with Crippen molar-refractivity contribution in [3.63, 3.8) is 0 Å². The highest BCUT2D eigenvalue weighted by Crippen LogP contribution is 2.26. The van der Waals surface area contributed by atoms with Crippen LogP contribution in [0.25, 0.3) is 0 Å². The predicted octanol–water partition coefficient (Wildman–Crippen LogP) is 1.15. The number of nitrogens with one attached hydrogen (secondary N) is 2. The zero-order chi connectivity index (χ0) is 17.8. The lowest BCUT2D eigenvalue weighted by Gasteiger charge is -2.34. The Hall–Kier alpha value is -2.57. The lowest BCUT2D eigenvalue weighted by atomic mass is 9.92. The van der Waals surface area contributed by atoms with Crippen molar-refractivity contribution in [3.8, 4) is 5.75 Å². The van der Waals surface area contributed by atoms with Crippen molar-refractivity contribution in [3.05, 3.63) is 24.3 Å². The number of anilines is 1. The minimum atomic E-state index is -0.0948. The molecule has 0 saturated carbocycles. The Morgan fingerprint density at radius 3 is 3.04 bits per heavy atom. The fourth-order valence-corrected chi connectivity index (χ4v) is 3.29. The molecule has 2 aliphatic rings. The van der Waals surface area contributed by atoms with Crippen molar-refractivity contribution in [1.82, 2.24) is 10.2 Å². The van der Waals surface area contributed by atoms with Crippen LogP contribution in [-0.4, -0.2) is 48.4 Å². The van der Waals surface area contributed by atoms with Gasteiger partial charge in [-0.1, -0.05) is 13.0 Å². The molecule has 2 saturated heterocycles. The van der Waals surface area contributed by atoms with Crippen LogP contribution in [0, 0.1) is 5.92 Å². The van der Waals surface area contributed by atoms with Crippen molar-refractivity contribution in [2.45, 2.75) is 32.2 Å². The van der Waals surface area contributed by atoms with E-state index in [4.69, 9.17) is 4.74 Å². The fraction of sp³-hybridized carbons (Fsp3) is 0.500. The highest BCUT2D eigenvalue weighted by molar-refractivity contribution is 5.90. The van der Waals surface area contributed by atoms with Crippen molar-refractivity contribution in [2.75, 3.05) is 25.0 Å². The molecule has 7 nitrogen and oxygen atoms in total. The van der Waals surface area contributed by atoms with E-state index in [0.717, 1.165) is 6.42 Å². The Morgan fingerprint density at radius 1 is 1.40 bits per heavy atom. The maximum absolute atomic E-state index is 12.4. The Bertz CT molecular complexity index is 676. The molecule has 0 aromatic heterocycles. The summed E-state index contributed by atoms with van der Waals surface area (Å²) < 4.78 is 5.58. The minimum Gasteiger partial charge on any atom is -0.484 e. The molecule has 2 heterocycles. The number of hydrogen-bond donors (Lipinski definition) is 2. The molecule has 7 heteroatoms. The first-order valence-corrected chi connectivity index (χ1v) is 8.65. The maximum atomic E-state index is 12.4. The van der Waals surface area contributed by atoms with Gasteiger partial charge in [0.15, 0.2) is 6.61 Å².